The quantitative estimate of drug-likeness (QED) is 0.751. The molecule has 2 aliphatic heterocycles. The minimum Gasteiger partial charge on any atom is -0.339 e. The standard InChI is InChI=1S/C23H24N4O3/c1-23(16-10-11-16)21(29)27(22(30)25-23)14-20(28)24-17-7-3-5-9-19(17)26-13-12-15-6-2-4-8-18(15)26/h2-9,16H,10-14H2,1H3,(H,24,28)(H,25,30). The molecule has 2 fully saturated rings. The van der Waals surface area contributed by atoms with E-state index in [0.717, 1.165) is 42.1 Å². The summed E-state index contributed by atoms with van der Waals surface area (Å²) in [4.78, 5) is 41.1. The predicted molar refractivity (Wildman–Crippen MR) is 114 cm³/mol. The van der Waals surface area contributed by atoms with Crippen molar-refractivity contribution in [3.63, 3.8) is 0 Å². The highest BCUT2D eigenvalue weighted by Crippen LogP contribution is 2.42. The number of carbonyl (C=O) groups excluding carboxylic acids is 3. The Morgan fingerprint density at radius 2 is 1.80 bits per heavy atom. The third-order valence-electron chi connectivity index (χ3n) is 6.35. The van der Waals surface area contributed by atoms with E-state index in [2.05, 4.69) is 27.7 Å². The van der Waals surface area contributed by atoms with E-state index in [1.165, 1.54) is 5.56 Å². The number of anilines is 3. The minimum atomic E-state index is -0.880. The third-order valence-corrected chi connectivity index (χ3v) is 6.35. The van der Waals surface area contributed by atoms with Crippen LogP contribution < -0.4 is 15.5 Å². The van der Waals surface area contributed by atoms with Crippen LogP contribution in [0.3, 0.4) is 0 Å². The summed E-state index contributed by atoms with van der Waals surface area (Å²) >= 11 is 0. The van der Waals surface area contributed by atoms with Crippen molar-refractivity contribution in [3.05, 3.63) is 54.1 Å². The van der Waals surface area contributed by atoms with Gasteiger partial charge in [0.25, 0.3) is 5.91 Å². The molecule has 4 amide bonds. The van der Waals surface area contributed by atoms with E-state index >= 15 is 0 Å². The Hall–Kier alpha value is -3.35. The lowest BCUT2D eigenvalue weighted by Gasteiger charge is -2.23. The van der Waals surface area contributed by atoms with Crippen LogP contribution in [0.1, 0.15) is 25.3 Å². The van der Waals surface area contributed by atoms with Gasteiger partial charge in [-0.2, -0.15) is 0 Å². The number of hydrogen-bond acceptors (Lipinski definition) is 4. The molecule has 7 nitrogen and oxygen atoms in total. The zero-order chi connectivity index (χ0) is 20.9. The Kier molecular flexibility index (Phi) is 4.27. The van der Waals surface area contributed by atoms with Crippen LogP contribution >= 0.6 is 0 Å². The number of urea groups is 1. The van der Waals surface area contributed by atoms with Crippen molar-refractivity contribution < 1.29 is 14.4 Å². The molecule has 5 rings (SSSR count). The van der Waals surface area contributed by atoms with Gasteiger partial charge in [0.15, 0.2) is 0 Å². The normalized spacial score (nSPS) is 22.8. The van der Waals surface area contributed by atoms with Gasteiger partial charge in [-0.3, -0.25) is 14.5 Å². The van der Waals surface area contributed by atoms with Gasteiger partial charge in [0, 0.05) is 12.2 Å². The first kappa shape index (κ1) is 18.7. The van der Waals surface area contributed by atoms with Crippen LogP contribution in [0.15, 0.2) is 48.5 Å². The first-order valence-electron chi connectivity index (χ1n) is 10.4. The SMILES string of the molecule is CC1(C2CC2)NC(=O)N(CC(=O)Nc2ccccc2N2CCc3ccccc32)C1=O. The van der Waals surface area contributed by atoms with Crippen molar-refractivity contribution in [1.29, 1.82) is 0 Å². The van der Waals surface area contributed by atoms with E-state index in [-0.39, 0.29) is 18.4 Å². The zero-order valence-corrected chi connectivity index (χ0v) is 16.9. The number of rotatable bonds is 5. The van der Waals surface area contributed by atoms with Crippen LogP contribution in [0.5, 0.6) is 0 Å². The van der Waals surface area contributed by atoms with Crippen LogP contribution in [-0.4, -0.2) is 41.4 Å². The van der Waals surface area contributed by atoms with Crippen molar-refractivity contribution in [2.75, 3.05) is 23.3 Å². The van der Waals surface area contributed by atoms with Gasteiger partial charge < -0.3 is 15.5 Å². The number of hydrogen-bond donors (Lipinski definition) is 2. The fourth-order valence-corrected chi connectivity index (χ4v) is 4.53. The average molecular weight is 404 g/mol. The maximum atomic E-state index is 12.8. The van der Waals surface area contributed by atoms with Gasteiger partial charge in [-0.25, -0.2) is 4.79 Å². The molecule has 1 aliphatic carbocycles. The second-order valence-corrected chi connectivity index (χ2v) is 8.39. The van der Waals surface area contributed by atoms with Gasteiger partial charge in [0.1, 0.15) is 12.1 Å². The second-order valence-electron chi connectivity index (χ2n) is 8.39. The second kappa shape index (κ2) is 6.86. The molecule has 154 valence electrons. The Balaban J connectivity index is 1.33. The largest absolute Gasteiger partial charge is 0.339 e. The maximum absolute atomic E-state index is 12.8. The highest BCUT2D eigenvalue weighted by Gasteiger charge is 2.56. The molecule has 0 radical (unpaired) electrons. The summed E-state index contributed by atoms with van der Waals surface area (Å²) in [6.45, 7) is 2.29. The summed E-state index contributed by atoms with van der Waals surface area (Å²) in [6, 6.07) is 15.3. The highest BCUT2D eigenvalue weighted by atomic mass is 16.2. The van der Waals surface area contributed by atoms with Crippen molar-refractivity contribution in [2.24, 2.45) is 5.92 Å². The number of nitrogens with zero attached hydrogens (tertiary/aromatic N) is 2. The fraction of sp³-hybridized carbons (Fsp3) is 0.348. The monoisotopic (exact) mass is 404 g/mol. The van der Waals surface area contributed by atoms with Crippen molar-refractivity contribution >= 4 is 34.9 Å². The van der Waals surface area contributed by atoms with E-state index in [1.54, 1.807) is 6.92 Å². The summed E-state index contributed by atoms with van der Waals surface area (Å²) in [5, 5.41) is 5.68. The van der Waals surface area contributed by atoms with E-state index in [0.29, 0.717) is 5.69 Å². The molecule has 0 aromatic heterocycles. The van der Waals surface area contributed by atoms with Gasteiger partial charge >= 0.3 is 6.03 Å². The summed E-state index contributed by atoms with van der Waals surface area (Å²) in [7, 11) is 0. The van der Waals surface area contributed by atoms with Crippen LogP contribution in [0.25, 0.3) is 0 Å². The summed E-state index contributed by atoms with van der Waals surface area (Å²) < 4.78 is 0. The number of carbonyl (C=O) groups is 3. The smallest absolute Gasteiger partial charge is 0.325 e. The molecule has 3 aliphatic rings. The lowest BCUT2D eigenvalue weighted by atomic mass is 9.96. The molecule has 2 N–H and O–H groups in total. The Bertz CT molecular complexity index is 1050. The Labute approximate surface area is 175 Å². The molecule has 2 aromatic rings. The summed E-state index contributed by atoms with van der Waals surface area (Å²) in [5.41, 5.74) is 3.09. The molecule has 1 atom stereocenters. The summed E-state index contributed by atoms with van der Waals surface area (Å²) in [5.74, 6) is -0.539. The van der Waals surface area contributed by atoms with E-state index in [1.807, 2.05) is 36.4 Å². The number of imide groups is 1. The molecule has 1 unspecified atom stereocenters. The number of para-hydroxylation sites is 3. The Morgan fingerprint density at radius 1 is 1.10 bits per heavy atom. The Morgan fingerprint density at radius 3 is 2.57 bits per heavy atom. The number of amides is 4. The molecule has 30 heavy (non-hydrogen) atoms. The lowest BCUT2D eigenvalue weighted by Crippen LogP contribution is -2.46. The molecule has 2 aromatic carbocycles. The van der Waals surface area contributed by atoms with Gasteiger partial charge in [-0.1, -0.05) is 30.3 Å². The van der Waals surface area contributed by atoms with Gasteiger partial charge in [-0.05, 0) is 55.9 Å². The van der Waals surface area contributed by atoms with Crippen LogP contribution in [-0.2, 0) is 16.0 Å². The molecule has 0 spiro atoms. The maximum Gasteiger partial charge on any atom is 0.325 e. The number of nitrogens with one attached hydrogen (secondary N) is 2. The zero-order valence-electron chi connectivity index (χ0n) is 16.9. The van der Waals surface area contributed by atoms with Gasteiger partial charge in [0.05, 0.1) is 11.4 Å². The lowest BCUT2D eigenvalue weighted by molar-refractivity contribution is -0.134. The predicted octanol–water partition coefficient (Wildman–Crippen LogP) is 3.04. The van der Waals surface area contributed by atoms with Crippen LogP contribution in [0.4, 0.5) is 21.9 Å². The minimum absolute atomic E-state index is 0.165. The highest BCUT2D eigenvalue weighted by molar-refractivity contribution is 6.10. The van der Waals surface area contributed by atoms with Crippen molar-refractivity contribution in [2.45, 2.75) is 31.7 Å². The first-order valence-corrected chi connectivity index (χ1v) is 10.4. The van der Waals surface area contributed by atoms with Crippen LogP contribution in [0.2, 0.25) is 0 Å². The molecule has 7 heteroatoms. The van der Waals surface area contributed by atoms with E-state index < -0.39 is 17.5 Å². The summed E-state index contributed by atoms with van der Waals surface area (Å²) in [6.07, 6.45) is 2.79. The topological polar surface area (TPSA) is 81.8 Å². The molecule has 1 saturated carbocycles. The van der Waals surface area contributed by atoms with E-state index in [4.69, 9.17) is 0 Å². The molecule has 0 bridgehead atoms. The first-order chi connectivity index (χ1) is 14.5. The number of benzene rings is 2. The van der Waals surface area contributed by atoms with E-state index in [9.17, 15) is 14.4 Å². The van der Waals surface area contributed by atoms with Crippen LogP contribution in [0, 0.1) is 5.92 Å². The molecular weight excluding hydrogens is 380 g/mol. The van der Waals surface area contributed by atoms with Gasteiger partial charge in [0.2, 0.25) is 5.91 Å². The van der Waals surface area contributed by atoms with Crippen molar-refractivity contribution in [1.82, 2.24) is 10.2 Å². The molecule has 2 heterocycles. The molecular formula is C23H24N4O3. The van der Waals surface area contributed by atoms with Crippen molar-refractivity contribution in [3.8, 4) is 0 Å². The van der Waals surface area contributed by atoms with Gasteiger partial charge in [-0.15, -0.1) is 0 Å². The third kappa shape index (κ3) is 3.01. The molecule has 1 saturated heterocycles. The average Bonchev–Trinajstić information content (AvgIpc) is 3.48. The fourth-order valence-electron chi connectivity index (χ4n) is 4.53. The number of fused-ring (bicyclic) bond motifs is 1.